The van der Waals surface area contributed by atoms with Gasteiger partial charge in [0.15, 0.2) is 0 Å². The minimum atomic E-state index is -0.341. The van der Waals surface area contributed by atoms with Crippen molar-refractivity contribution < 1.29 is 4.39 Å². The van der Waals surface area contributed by atoms with Gasteiger partial charge in [0.2, 0.25) is 0 Å². The topological polar surface area (TPSA) is 38.0 Å². The van der Waals surface area contributed by atoms with Gasteiger partial charge in [-0.15, -0.1) is 0 Å². The fourth-order valence-electron chi connectivity index (χ4n) is 1.14. The summed E-state index contributed by atoms with van der Waals surface area (Å²) in [6.45, 7) is 8.50. The lowest BCUT2D eigenvalue weighted by Gasteiger charge is -2.29. The molecule has 0 spiro atoms. The van der Waals surface area contributed by atoms with Crippen molar-refractivity contribution in [3.8, 4) is 0 Å². The largest absolute Gasteiger partial charge is 0.397 e. The Bertz CT molecular complexity index is 385. The molecule has 90 valence electrons. The number of hydrogen-bond donors (Lipinski definition) is 2. The van der Waals surface area contributed by atoms with Gasteiger partial charge in [0.1, 0.15) is 5.82 Å². The van der Waals surface area contributed by atoms with Gasteiger partial charge in [-0.25, -0.2) is 4.39 Å². The van der Waals surface area contributed by atoms with Crippen LogP contribution in [-0.2, 0) is 0 Å². The molecule has 3 N–H and O–H groups in total. The van der Waals surface area contributed by atoms with Crippen molar-refractivity contribution in [2.45, 2.75) is 33.7 Å². The number of halogens is 2. The number of nitrogens with one attached hydrogen (secondary N) is 1. The van der Waals surface area contributed by atoms with Gasteiger partial charge in [0, 0.05) is 12.1 Å². The van der Waals surface area contributed by atoms with E-state index in [-0.39, 0.29) is 17.3 Å². The third-order valence-corrected chi connectivity index (χ3v) is 3.37. The van der Waals surface area contributed by atoms with E-state index in [1.807, 2.05) is 0 Å². The molecule has 2 nitrogen and oxygen atoms in total. The Morgan fingerprint density at radius 3 is 2.44 bits per heavy atom. The van der Waals surface area contributed by atoms with Gasteiger partial charge in [0.05, 0.1) is 15.8 Å². The summed E-state index contributed by atoms with van der Waals surface area (Å²) in [6.07, 6.45) is 0. The summed E-state index contributed by atoms with van der Waals surface area (Å²) < 4.78 is 13.6. The first kappa shape index (κ1) is 13.3. The van der Waals surface area contributed by atoms with Crippen LogP contribution < -0.4 is 11.1 Å². The highest BCUT2D eigenvalue weighted by atomic mass is 79.9. The monoisotopic (exact) mass is 288 g/mol. The molecule has 0 saturated heterocycles. The molecule has 0 aliphatic carbocycles. The van der Waals surface area contributed by atoms with Crippen molar-refractivity contribution in [1.82, 2.24) is 0 Å². The van der Waals surface area contributed by atoms with Crippen LogP contribution in [0.4, 0.5) is 15.8 Å². The molecule has 0 aromatic heterocycles. The second-order valence-corrected chi connectivity index (χ2v) is 5.94. The van der Waals surface area contributed by atoms with E-state index < -0.39 is 0 Å². The standard InChI is InChI=1S/C12H18BrFN2/c1-7(12(2,3)4)16-11-5-8(13)9(14)6-10(11)15/h5-7,16H,15H2,1-4H3. The zero-order valence-corrected chi connectivity index (χ0v) is 11.7. The van der Waals surface area contributed by atoms with E-state index in [4.69, 9.17) is 5.73 Å². The number of rotatable bonds is 2. The molecule has 0 aliphatic rings. The highest BCUT2D eigenvalue weighted by molar-refractivity contribution is 9.10. The number of nitrogens with two attached hydrogens (primary N) is 1. The lowest BCUT2D eigenvalue weighted by Crippen LogP contribution is -2.31. The number of benzene rings is 1. The van der Waals surface area contributed by atoms with E-state index in [0.717, 1.165) is 5.69 Å². The lowest BCUT2D eigenvalue weighted by atomic mass is 9.88. The van der Waals surface area contributed by atoms with E-state index >= 15 is 0 Å². The van der Waals surface area contributed by atoms with E-state index in [1.54, 1.807) is 6.07 Å². The predicted molar refractivity (Wildman–Crippen MR) is 71.1 cm³/mol. The maximum Gasteiger partial charge on any atom is 0.139 e. The third kappa shape index (κ3) is 3.11. The molecule has 0 aliphatic heterocycles. The van der Waals surface area contributed by atoms with Gasteiger partial charge in [-0.05, 0) is 34.3 Å². The third-order valence-electron chi connectivity index (χ3n) is 2.76. The second kappa shape index (κ2) is 4.62. The summed E-state index contributed by atoms with van der Waals surface area (Å²) in [7, 11) is 0. The molecule has 1 rings (SSSR count). The van der Waals surface area contributed by atoms with Gasteiger partial charge in [0.25, 0.3) is 0 Å². The second-order valence-electron chi connectivity index (χ2n) is 5.09. The molecular weight excluding hydrogens is 271 g/mol. The lowest BCUT2D eigenvalue weighted by molar-refractivity contribution is 0.359. The Morgan fingerprint density at radius 2 is 1.94 bits per heavy atom. The number of hydrogen-bond acceptors (Lipinski definition) is 2. The summed E-state index contributed by atoms with van der Waals surface area (Å²) in [5.74, 6) is -0.341. The van der Waals surface area contributed by atoms with E-state index in [2.05, 4.69) is 48.9 Å². The van der Waals surface area contributed by atoms with Crippen molar-refractivity contribution in [2.75, 3.05) is 11.1 Å². The molecule has 0 amide bonds. The van der Waals surface area contributed by atoms with Crippen molar-refractivity contribution in [3.05, 3.63) is 22.4 Å². The van der Waals surface area contributed by atoms with E-state index in [0.29, 0.717) is 10.2 Å². The molecule has 0 radical (unpaired) electrons. The normalized spacial score (nSPS) is 13.6. The van der Waals surface area contributed by atoms with Crippen molar-refractivity contribution in [1.29, 1.82) is 0 Å². The Hall–Kier alpha value is -0.770. The van der Waals surface area contributed by atoms with Gasteiger partial charge in [-0.1, -0.05) is 20.8 Å². The van der Waals surface area contributed by atoms with Crippen LogP contribution in [0.2, 0.25) is 0 Å². The fourth-order valence-corrected chi connectivity index (χ4v) is 1.48. The van der Waals surface area contributed by atoms with Gasteiger partial charge in [-0.3, -0.25) is 0 Å². The summed E-state index contributed by atoms with van der Waals surface area (Å²) in [5, 5.41) is 3.30. The zero-order valence-electron chi connectivity index (χ0n) is 10.1. The minimum absolute atomic E-state index is 0.118. The minimum Gasteiger partial charge on any atom is -0.397 e. The molecule has 1 atom stereocenters. The number of nitrogen functional groups attached to an aromatic ring is 1. The molecule has 1 aromatic carbocycles. The maximum absolute atomic E-state index is 13.2. The number of anilines is 2. The van der Waals surface area contributed by atoms with Crippen LogP contribution in [0.5, 0.6) is 0 Å². The molecule has 0 bridgehead atoms. The quantitative estimate of drug-likeness (QED) is 0.807. The van der Waals surface area contributed by atoms with Gasteiger partial charge < -0.3 is 11.1 Å². The average Bonchev–Trinajstić information content (AvgIpc) is 2.12. The Balaban J connectivity index is 2.94. The first-order valence-electron chi connectivity index (χ1n) is 5.23. The molecule has 1 unspecified atom stereocenters. The summed E-state index contributed by atoms with van der Waals surface area (Å²) >= 11 is 3.15. The van der Waals surface area contributed by atoms with Gasteiger partial charge in [-0.2, -0.15) is 0 Å². The van der Waals surface area contributed by atoms with Crippen LogP contribution in [0.1, 0.15) is 27.7 Å². The highest BCUT2D eigenvalue weighted by Gasteiger charge is 2.20. The SMILES string of the molecule is CC(Nc1cc(Br)c(F)cc1N)C(C)(C)C. The molecule has 0 fully saturated rings. The van der Waals surface area contributed by atoms with Crippen molar-refractivity contribution in [2.24, 2.45) is 5.41 Å². The molecule has 16 heavy (non-hydrogen) atoms. The van der Waals surface area contributed by atoms with Crippen LogP contribution >= 0.6 is 15.9 Å². The molecule has 1 aromatic rings. The molecular formula is C12H18BrFN2. The Kier molecular flexibility index (Phi) is 3.84. The van der Waals surface area contributed by atoms with Gasteiger partial charge >= 0.3 is 0 Å². The van der Waals surface area contributed by atoms with Crippen molar-refractivity contribution >= 4 is 27.3 Å². The summed E-state index contributed by atoms with van der Waals surface area (Å²) in [6, 6.07) is 3.24. The first-order valence-corrected chi connectivity index (χ1v) is 6.02. The van der Waals surface area contributed by atoms with E-state index in [9.17, 15) is 4.39 Å². The molecule has 0 heterocycles. The summed E-state index contributed by atoms with van der Waals surface area (Å²) in [4.78, 5) is 0. The maximum atomic E-state index is 13.2. The Morgan fingerprint density at radius 1 is 1.38 bits per heavy atom. The van der Waals surface area contributed by atoms with Crippen LogP contribution in [-0.4, -0.2) is 6.04 Å². The van der Waals surface area contributed by atoms with Crippen LogP contribution in [0.15, 0.2) is 16.6 Å². The zero-order chi connectivity index (χ0) is 12.5. The summed E-state index contributed by atoms with van der Waals surface area (Å²) in [5.41, 5.74) is 7.06. The molecule has 0 saturated carbocycles. The van der Waals surface area contributed by atoms with E-state index in [1.165, 1.54) is 6.07 Å². The van der Waals surface area contributed by atoms with Crippen LogP contribution in [0.25, 0.3) is 0 Å². The highest BCUT2D eigenvalue weighted by Crippen LogP contribution is 2.30. The Labute approximate surface area is 105 Å². The predicted octanol–water partition coefficient (Wildman–Crippen LogP) is 4.02. The first-order chi connectivity index (χ1) is 7.21. The smallest absolute Gasteiger partial charge is 0.139 e. The van der Waals surface area contributed by atoms with Crippen molar-refractivity contribution in [3.63, 3.8) is 0 Å². The average molecular weight is 289 g/mol. The molecule has 4 heteroatoms. The van der Waals surface area contributed by atoms with Crippen LogP contribution in [0, 0.1) is 11.2 Å². The fraction of sp³-hybridized carbons (Fsp3) is 0.500. The van der Waals surface area contributed by atoms with Crippen LogP contribution in [0.3, 0.4) is 0 Å².